The van der Waals surface area contributed by atoms with Crippen molar-refractivity contribution in [1.29, 1.82) is 0 Å². The van der Waals surface area contributed by atoms with E-state index < -0.39 is 20.0 Å². The number of halogens is 1. The predicted molar refractivity (Wildman–Crippen MR) is 102 cm³/mol. The summed E-state index contributed by atoms with van der Waals surface area (Å²) in [6, 6.07) is 9.44. The summed E-state index contributed by atoms with van der Waals surface area (Å²) >= 11 is 0. The molecule has 0 aliphatic carbocycles. The molecule has 1 N–H and O–H groups in total. The van der Waals surface area contributed by atoms with Crippen LogP contribution in [0, 0.1) is 12.7 Å². The van der Waals surface area contributed by atoms with Crippen molar-refractivity contribution in [1.82, 2.24) is 9.03 Å². The summed E-state index contributed by atoms with van der Waals surface area (Å²) in [6.07, 6.45) is 0. The molecule has 0 bridgehead atoms. The Morgan fingerprint density at radius 3 is 2.00 bits per heavy atom. The Kier molecular flexibility index (Phi) is 6.74. The molecule has 27 heavy (non-hydrogen) atoms. The molecular formula is C18H23FN2O4S2. The second kappa shape index (κ2) is 8.47. The number of aryl methyl sites for hydroxylation is 1. The normalized spacial score (nSPS) is 12.5. The van der Waals surface area contributed by atoms with Crippen molar-refractivity contribution in [3.63, 3.8) is 0 Å². The number of hydrogen-bond donors (Lipinski definition) is 1. The lowest BCUT2D eigenvalue weighted by atomic mass is 10.1. The van der Waals surface area contributed by atoms with Crippen LogP contribution in [0.5, 0.6) is 0 Å². The molecule has 0 fully saturated rings. The molecule has 0 saturated heterocycles. The molecule has 9 heteroatoms. The van der Waals surface area contributed by atoms with Gasteiger partial charge in [0.05, 0.1) is 9.79 Å². The summed E-state index contributed by atoms with van der Waals surface area (Å²) in [5.74, 6) is -0.355. The number of nitrogens with one attached hydrogen (secondary N) is 1. The van der Waals surface area contributed by atoms with Gasteiger partial charge < -0.3 is 0 Å². The minimum absolute atomic E-state index is 0.00293. The van der Waals surface area contributed by atoms with Crippen LogP contribution in [0.2, 0.25) is 0 Å². The molecule has 0 aliphatic heterocycles. The van der Waals surface area contributed by atoms with E-state index in [2.05, 4.69) is 4.72 Å². The van der Waals surface area contributed by atoms with Crippen molar-refractivity contribution in [2.45, 2.75) is 37.1 Å². The van der Waals surface area contributed by atoms with Gasteiger partial charge in [-0.25, -0.2) is 25.9 Å². The number of sulfonamides is 2. The van der Waals surface area contributed by atoms with Gasteiger partial charge in [-0.05, 0) is 48.4 Å². The molecule has 0 aliphatic rings. The molecule has 0 atom stereocenters. The lowest BCUT2D eigenvalue weighted by molar-refractivity contribution is 0.445. The van der Waals surface area contributed by atoms with Gasteiger partial charge in [0, 0.05) is 19.6 Å². The SMILES string of the molecule is CCN(CC)S(=O)(=O)c1ccc(S(=O)(=O)NCc2ccc(F)c(C)c2)cc1. The minimum Gasteiger partial charge on any atom is -0.207 e. The number of benzene rings is 2. The zero-order valence-electron chi connectivity index (χ0n) is 15.4. The fourth-order valence-corrected chi connectivity index (χ4v) is 5.06. The molecule has 0 amide bonds. The summed E-state index contributed by atoms with van der Waals surface area (Å²) in [4.78, 5) is -0.000796. The highest BCUT2D eigenvalue weighted by atomic mass is 32.2. The van der Waals surface area contributed by atoms with Crippen molar-refractivity contribution in [3.05, 3.63) is 59.4 Å². The smallest absolute Gasteiger partial charge is 0.207 e. The Morgan fingerprint density at radius 2 is 1.48 bits per heavy atom. The van der Waals surface area contributed by atoms with Crippen molar-refractivity contribution in [2.75, 3.05) is 13.1 Å². The van der Waals surface area contributed by atoms with Crippen LogP contribution < -0.4 is 4.72 Å². The molecular weight excluding hydrogens is 391 g/mol. The van der Waals surface area contributed by atoms with E-state index in [4.69, 9.17) is 0 Å². The van der Waals surface area contributed by atoms with Gasteiger partial charge in [0.1, 0.15) is 5.82 Å². The summed E-state index contributed by atoms with van der Waals surface area (Å²) < 4.78 is 66.8. The molecule has 0 heterocycles. The largest absolute Gasteiger partial charge is 0.243 e. The molecule has 2 rings (SSSR count). The van der Waals surface area contributed by atoms with Crippen molar-refractivity contribution in [3.8, 4) is 0 Å². The van der Waals surface area contributed by atoms with Crippen LogP contribution in [0.15, 0.2) is 52.3 Å². The third-order valence-electron chi connectivity index (χ3n) is 4.17. The molecule has 2 aromatic rings. The van der Waals surface area contributed by atoms with Gasteiger partial charge in [0.2, 0.25) is 20.0 Å². The predicted octanol–water partition coefficient (Wildman–Crippen LogP) is 2.64. The number of nitrogens with zero attached hydrogens (tertiary/aromatic N) is 1. The van der Waals surface area contributed by atoms with Gasteiger partial charge in [0.25, 0.3) is 0 Å². The molecule has 0 spiro atoms. The fourth-order valence-electron chi connectivity index (χ4n) is 2.58. The quantitative estimate of drug-likeness (QED) is 0.720. The second-order valence-electron chi connectivity index (χ2n) is 5.97. The maximum absolute atomic E-state index is 13.3. The van der Waals surface area contributed by atoms with E-state index in [0.29, 0.717) is 24.2 Å². The van der Waals surface area contributed by atoms with Crippen LogP contribution in [-0.2, 0) is 26.6 Å². The topological polar surface area (TPSA) is 83.6 Å². The average Bonchev–Trinajstić information content (AvgIpc) is 2.63. The van der Waals surface area contributed by atoms with Crippen LogP contribution in [0.3, 0.4) is 0 Å². The van der Waals surface area contributed by atoms with Gasteiger partial charge >= 0.3 is 0 Å². The van der Waals surface area contributed by atoms with Crippen LogP contribution >= 0.6 is 0 Å². The van der Waals surface area contributed by atoms with Crippen LogP contribution in [0.4, 0.5) is 4.39 Å². The summed E-state index contributed by atoms with van der Waals surface area (Å²) in [5, 5.41) is 0. The highest BCUT2D eigenvalue weighted by molar-refractivity contribution is 7.89. The first-order valence-electron chi connectivity index (χ1n) is 8.46. The molecule has 0 radical (unpaired) electrons. The van der Waals surface area contributed by atoms with E-state index in [0.717, 1.165) is 0 Å². The molecule has 6 nitrogen and oxygen atoms in total. The molecule has 0 saturated carbocycles. The number of hydrogen-bond acceptors (Lipinski definition) is 4. The Morgan fingerprint density at radius 1 is 0.926 bits per heavy atom. The Labute approximate surface area is 160 Å². The standard InChI is InChI=1S/C18H23FN2O4S2/c1-4-21(5-2)27(24,25)17-9-7-16(8-10-17)26(22,23)20-13-15-6-11-18(19)14(3)12-15/h6-12,20H,4-5,13H2,1-3H3. The highest BCUT2D eigenvalue weighted by Gasteiger charge is 2.22. The second-order valence-corrected chi connectivity index (χ2v) is 9.67. The zero-order valence-corrected chi connectivity index (χ0v) is 17.1. The van der Waals surface area contributed by atoms with Gasteiger partial charge in [-0.15, -0.1) is 0 Å². The van der Waals surface area contributed by atoms with Gasteiger partial charge in [-0.1, -0.05) is 26.0 Å². The lowest BCUT2D eigenvalue weighted by Gasteiger charge is -2.18. The van der Waals surface area contributed by atoms with E-state index in [-0.39, 0.29) is 22.2 Å². The lowest BCUT2D eigenvalue weighted by Crippen LogP contribution is -2.30. The Balaban J connectivity index is 2.18. The van der Waals surface area contributed by atoms with E-state index in [9.17, 15) is 21.2 Å². The van der Waals surface area contributed by atoms with Crippen LogP contribution in [-0.4, -0.2) is 34.2 Å². The van der Waals surface area contributed by atoms with E-state index >= 15 is 0 Å². The first kappa shape index (κ1) is 21.5. The summed E-state index contributed by atoms with van der Waals surface area (Å²) in [5.41, 5.74) is 1.05. The van der Waals surface area contributed by atoms with E-state index in [1.807, 2.05) is 0 Å². The molecule has 0 aromatic heterocycles. The summed E-state index contributed by atoms with van der Waals surface area (Å²) in [7, 11) is -7.47. The first-order valence-corrected chi connectivity index (χ1v) is 11.4. The van der Waals surface area contributed by atoms with Crippen molar-refractivity contribution in [2.24, 2.45) is 0 Å². The van der Waals surface area contributed by atoms with E-state index in [1.54, 1.807) is 26.8 Å². The maximum atomic E-state index is 13.3. The van der Waals surface area contributed by atoms with Crippen molar-refractivity contribution < 1.29 is 21.2 Å². The monoisotopic (exact) mass is 414 g/mol. The Bertz CT molecular complexity index is 1000. The van der Waals surface area contributed by atoms with Gasteiger partial charge in [-0.2, -0.15) is 4.31 Å². The van der Waals surface area contributed by atoms with Crippen molar-refractivity contribution >= 4 is 20.0 Å². The zero-order chi connectivity index (χ0) is 20.2. The Hall–Kier alpha value is -1.81. The third kappa shape index (κ3) is 4.92. The molecule has 2 aromatic carbocycles. The summed E-state index contributed by atoms with van der Waals surface area (Å²) in [6.45, 7) is 5.74. The maximum Gasteiger partial charge on any atom is 0.243 e. The minimum atomic E-state index is -3.83. The third-order valence-corrected chi connectivity index (χ3v) is 7.65. The van der Waals surface area contributed by atoms with Crippen LogP contribution in [0.1, 0.15) is 25.0 Å². The van der Waals surface area contributed by atoms with Gasteiger partial charge in [0.15, 0.2) is 0 Å². The number of rotatable bonds is 8. The van der Waals surface area contributed by atoms with E-state index in [1.165, 1.54) is 40.7 Å². The van der Waals surface area contributed by atoms with Gasteiger partial charge in [-0.3, -0.25) is 0 Å². The average molecular weight is 415 g/mol. The molecule has 0 unspecified atom stereocenters. The highest BCUT2D eigenvalue weighted by Crippen LogP contribution is 2.19. The molecule has 148 valence electrons. The van der Waals surface area contributed by atoms with Crippen LogP contribution in [0.25, 0.3) is 0 Å². The fraction of sp³-hybridized carbons (Fsp3) is 0.333. The first-order chi connectivity index (χ1) is 12.6.